The summed E-state index contributed by atoms with van der Waals surface area (Å²) in [6.45, 7) is 5.39. The van der Waals surface area contributed by atoms with Gasteiger partial charge in [0.2, 0.25) is 0 Å². The van der Waals surface area contributed by atoms with Crippen LogP contribution in [0.1, 0.15) is 31.9 Å². The van der Waals surface area contributed by atoms with Crippen molar-refractivity contribution in [2.75, 3.05) is 25.2 Å². The van der Waals surface area contributed by atoms with E-state index in [2.05, 4.69) is 21.2 Å². The van der Waals surface area contributed by atoms with Crippen molar-refractivity contribution in [1.29, 1.82) is 0 Å². The van der Waals surface area contributed by atoms with Gasteiger partial charge in [-0.2, -0.15) is 0 Å². The van der Waals surface area contributed by atoms with E-state index in [1.165, 1.54) is 30.1 Å². The van der Waals surface area contributed by atoms with Crippen LogP contribution in [0.4, 0.5) is 15.3 Å². The summed E-state index contributed by atoms with van der Waals surface area (Å²) < 4.78 is 35.9. The van der Waals surface area contributed by atoms with E-state index in [1.807, 2.05) is 24.3 Å². The Morgan fingerprint density at radius 2 is 1.73 bits per heavy atom. The summed E-state index contributed by atoms with van der Waals surface area (Å²) in [7, 11) is -2.05. The van der Waals surface area contributed by atoms with E-state index in [1.54, 1.807) is 20.8 Å². The molecule has 0 radical (unpaired) electrons. The van der Waals surface area contributed by atoms with E-state index in [9.17, 15) is 18.0 Å². The standard InChI is InChI=1S/C23H29BrN2O6S/c1-23(2,3)32-22(28)26(4)15-17-14-19(10-11-20(17)33(5,29)30)25-21(27)31-13-12-16-6-8-18(24)9-7-16/h6-11,14H,12-13,15H2,1-5H3,(H,25,27). The molecule has 180 valence electrons. The zero-order valence-corrected chi connectivity index (χ0v) is 21.7. The van der Waals surface area contributed by atoms with Gasteiger partial charge in [0.1, 0.15) is 5.60 Å². The molecule has 0 aliphatic heterocycles. The van der Waals surface area contributed by atoms with Crippen molar-refractivity contribution < 1.29 is 27.5 Å². The third kappa shape index (κ3) is 9.05. The number of hydrogen-bond acceptors (Lipinski definition) is 6. The second kappa shape index (κ2) is 11.0. The number of nitrogens with one attached hydrogen (secondary N) is 1. The van der Waals surface area contributed by atoms with Crippen molar-refractivity contribution in [3.63, 3.8) is 0 Å². The Hall–Kier alpha value is -2.59. The fraction of sp³-hybridized carbons (Fsp3) is 0.391. The van der Waals surface area contributed by atoms with Crippen molar-refractivity contribution in [3.8, 4) is 0 Å². The van der Waals surface area contributed by atoms with Gasteiger partial charge in [-0.1, -0.05) is 28.1 Å². The molecule has 0 bridgehead atoms. The normalized spacial score (nSPS) is 11.6. The van der Waals surface area contributed by atoms with E-state index in [0.717, 1.165) is 16.3 Å². The number of sulfone groups is 1. The molecular weight excluding hydrogens is 512 g/mol. The Balaban J connectivity index is 2.07. The topological polar surface area (TPSA) is 102 Å². The second-order valence-corrected chi connectivity index (χ2v) is 11.5. The molecule has 8 nitrogen and oxygen atoms in total. The molecular formula is C23H29BrN2O6S. The van der Waals surface area contributed by atoms with Crippen molar-refractivity contribution in [1.82, 2.24) is 4.90 Å². The first kappa shape index (κ1) is 26.7. The molecule has 2 aromatic rings. The molecule has 2 rings (SSSR count). The van der Waals surface area contributed by atoms with Crippen LogP contribution in [0.3, 0.4) is 0 Å². The second-order valence-electron chi connectivity index (χ2n) is 8.57. The van der Waals surface area contributed by atoms with E-state index in [0.29, 0.717) is 17.7 Å². The van der Waals surface area contributed by atoms with Crippen LogP contribution < -0.4 is 5.32 Å². The Labute approximate surface area is 203 Å². The lowest BCUT2D eigenvalue weighted by Crippen LogP contribution is -2.34. The summed E-state index contributed by atoms with van der Waals surface area (Å²) in [4.78, 5) is 25.8. The highest BCUT2D eigenvalue weighted by molar-refractivity contribution is 9.10. The van der Waals surface area contributed by atoms with Gasteiger partial charge in [-0.3, -0.25) is 5.32 Å². The summed E-state index contributed by atoms with van der Waals surface area (Å²) in [6, 6.07) is 12.1. The highest BCUT2D eigenvalue weighted by Gasteiger charge is 2.22. The first-order valence-corrected chi connectivity index (χ1v) is 12.9. The number of benzene rings is 2. The van der Waals surface area contributed by atoms with Gasteiger partial charge in [0.05, 0.1) is 18.0 Å². The average molecular weight is 541 g/mol. The first-order chi connectivity index (χ1) is 15.2. The van der Waals surface area contributed by atoms with Gasteiger partial charge in [-0.25, -0.2) is 18.0 Å². The van der Waals surface area contributed by atoms with Gasteiger partial charge in [0.25, 0.3) is 0 Å². The van der Waals surface area contributed by atoms with Crippen molar-refractivity contribution in [2.45, 2.75) is 44.2 Å². The molecule has 33 heavy (non-hydrogen) atoms. The van der Waals surface area contributed by atoms with Crippen LogP contribution in [0.25, 0.3) is 0 Å². The monoisotopic (exact) mass is 540 g/mol. The van der Waals surface area contributed by atoms with Gasteiger partial charge >= 0.3 is 12.2 Å². The SMILES string of the molecule is CN(Cc1cc(NC(=O)OCCc2ccc(Br)cc2)ccc1S(C)(=O)=O)C(=O)OC(C)(C)C. The van der Waals surface area contributed by atoms with E-state index in [4.69, 9.17) is 9.47 Å². The highest BCUT2D eigenvalue weighted by Crippen LogP contribution is 2.23. The number of rotatable bonds is 7. The Bertz CT molecular complexity index is 1090. The van der Waals surface area contributed by atoms with Crippen LogP contribution in [0.15, 0.2) is 51.8 Å². The molecule has 0 spiro atoms. The van der Waals surface area contributed by atoms with Crippen LogP contribution >= 0.6 is 15.9 Å². The fourth-order valence-electron chi connectivity index (χ4n) is 2.87. The number of ether oxygens (including phenoxy) is 2. The summed E-state index contributed by atoms with van der Waals surface area (Å²) >= 11 is 3.37. The highest BCUT2D eigenvalue weighted by atomic mass is 79.9. The zero-order chi connectivity index (χ0) is 24.8. The Morgan fingerprint density at radius 3 is 2.30 bits per heavy atom. The smallest absolute Gasteiger partial charge is 0.411 e. The van der Waals surface area contributed by atoms with Crippen LogP contribution in [0.2, 0.25) is 0 Å². The molecule has 2 amide bonds. The molecule has 0 saturated carbocycles. The van der Waals surface area contributed by atoms with Gasteiger partial charge in [0, 0.05) is 29.9 Å². The zero-order valence-electron chi connectivity index (χ0n) is 19.3. The van der Waals surface area contributed by atoms with Crippen LogP contribution in [0, 0.1) is 0 Å². The molecule has 2 aromatic carbocycles. The quantitative estimate of drug-likeness (QED) is 0.529. The van der Waals surface area contributed by atoms with Crippen molar-refractivity contribution >= 4 is 43.6 Å². The summed E-state index contributed by atoms with van der Waals surface area (Å²) in [5.74, 6) is 0. The van der Waals surface area contributed by atoms with Crippen LogP contribution in [-0.2, 0) is 32.3 Å². The number of anilines is 1. The predicted octanol–water partition coefficient (Wildman–Crippen LogP) is 5.01. The Morgan fingerprint density at radius 1 is 1.09 bits per heavy atom. The molecule has 0 atom stereocenters. The minimum Gasteiger partial charge on any atom is -0.449 e. The number of hydrogen-bond donors (Lipinski definition) is 1. The minimum absolute atomic E-state index is 0.0224. The molecule has 0 aliphatic carbocycles. The fourth-order valence-corrected chi connectivity index (χ4v) is 4.05. The van der Waals surface area contributed by atoms with Gasteiger partial charge in [-0.15, -0.1) is 0 Å². The van der Waals surface area contributed by atoms with Gasteiger partial charge in [0.15, 0.2) is 9.84 Å². The number of carbonyl (C=O) groups is 2. The van der Waals surface area contributed by atoms with Gasteiger partial charge < -0.3 is 14.4 Å². The van der Waals surface area contributed by atoms with Crippen LogP contribution in [0.5, 0.6) is 0 Å². The van der Waals surface area contributed by atoms with Crippen LogP contribution in [-0.4, -0.2) is 51.0 Å². The molecule has 0 aromatic heterocycles. The Kier molecular flexibility index (Phi) is 8.90. The number of carbonyl (C=O) groups excluding carboxylic acids is 2. The molecule has 0 saturated heterocycles. The number of amides is 2. The third-order valence-electron chi connectivity index (χ3n) is 4.36. The maximum atomic E-state index is 12.3. The first-order valence-electron chi connectivity index (χ1n) is 10.2. The molecule has 10 heteroatoms. The van der Waals surface area contributed by atoms with E-state index < -0.39 is 27.6 Å². The summed E-state index contributed by atoms with van der Waals surface area (Å²) in [5, 5.41) is 2.60. The predicted molar refractivity (Wildman–Crippen MR) is 130 cm³/mol. The molecule has 0 unspecified atom stereocenters. The molecule has 0 aliphatic rings. The van der Waals surface area contributed by atoms with E-state index in [-0.39, 0.29) is 18.0 Å². The lowest BCUT2D eigenvalue weighted by Gasteiger charge is -2.25. The third-order valence-corrected chi connectivity index (χ3v) is 6.08. The van der Waals surface area contributed by atoms with Crippen molar-refractivity contribution in [2.24, 2.45) is 0 Å². The maximum Gasteiger partial charge on any atom is 0.411 e. The molecule has 1 N–H and O–H groups in total. The number of nitrogens with zero attached hydrogens (tertiary/aromatic N) is 1. The van der Waals surface area contributed by atoms with Crippen molar-refractivity contribution in [3.05, 3.63) is 58.1 Å². The maximum absolute atomic E-state index is 12.3. The molecule has 0 fully saturated rings. The lowest BCUT2D eigenvalue weighted by molar-refractivity contribution is 0.0283. The average Bonchev–Trinajstić information content (AvgIpc) is 2.67. The van der Waals surface area contributed by atoms with Gasteiger partial charge in [-0.05, 0) is 62.2 Å². The summed E-state index contributed by atoms with van der Waals surface area (Å²) in [6.07, 6.45) is 0.390. The minimum atomic E-state index is -3.56. The largest absolute Gasteiger partial charge is 0.449 e. The molecule has 0 heterocycles. The lowest BCUT2D eigenvalue weighted by atomic mass is 10.2. The van der Waals surface area contributed by atoms with E-state index >= 15 is 0 Å². The number of halogens is 1. The summed E-state index contributed by atoms with van der Waals surface area (Å²) in [5.41, 5.74) is 1.03.